The molecule has 1 aromatic heterocycles. The highest BCUT2D eigenvalue weighted by molar-refractivity contribution is 6.39. The molecule has 0 spiro atoms. The van der Waals surface area contributed by atoms with Crippen LogP contribution in [0.25, 0.3) is 10.9 Å². The van der Waals surface area contributed by atoms with Gasteiger partial charge in [0.1, 0.15) is 19.2 Å². The fourth-order valence-electron chi connectivity index (χ4n) is 1.36. The van der Waals surface area contributed by atoms with Gasteiger partial charge in [0, 0.05) is 6.20 Å². The lowest BCUT2D eigenvalue weighted by molar-refractivity contribution is 0.636. The third kappa shape index (κ3) is 1.20. The number of aryl methyl sites for hydroxylation is 1. The van der Waals surface area contributed by atoms with E-state index >= 15 is 0 Å². The Morgan fingerprint density at radius 2 is 2.23 bits per heavy atom. The van der Waals surface area contributed by atoms with Crippen LogP contribution >= 0.6 is 0 Å². The van der Waals surface area contributed by atoms with Crippen LogP contribution in [-0.2, 0) is 0 Å². The first-order chi connectivity index (χ1) is 6.20. The largest absolute Gasteiger partial charge is 0.253 e. The van der Waals surface area contributed by atoms with Gasteiger partial charge in [0.15, 0.2) is 0 Å². The van der Waals surface area contributed by atoms with Crippen LogP contribution in [-0.4, -0.2) is 12.8 Å². The molecule has 0 aliphatic heterocycles. The van der Waals surface area contributed by atoms with Gasteiger partial charge in [-0.1, -0.05) is 17.1 Å². The van der Waals surface area contributed by atoms with Gasteiger partial charge in [-0.2, -0.15) is 0 Å². The van der Waals surface area contributed by atoms with Crippen LogP contribution in [0.2, 0.25) is 0 Å². The summed E-state index contributed by atoms with van der Waals surface area (Å²) in [7, 11) is 5.78. The molecule has 2 rings (SSSR count). The Bertz CT molecular complexity index is 468. The first-order valence-corrected chi connectivity index (χ1v) is 3.99. The summed E-state index contributed by atoms with van der Waals surface area (Å²) in [5.74, 6) is -0.317. The average Bonchev–Trinajstić information content (AvgIpc) is 2.15. The maximum absolute atomic E-state index is 13.3. The van der Waals surface area contributed by atoms with E-state index in [9.17, 15) is 4.39 Å². The molecule has 2 aromatic rings. The summed E-state index contributed by atoms with van der Waals surface area (Å²) in [6.45, 7) is 1.78. The minimum Gasteiger partial charge on any atom is -0.253 e. The van der Waals surface area contributed by atoms with Crippen molar-refractivity contribution >= 4 is 24.2 Å². The van der Waals surface area contributed by atoms with E-state index in [1.807, 2.05) is 0 Å². The Kier molecular flexibility index (Phi) is 1.80. The summed E-state index contributed by atoms with van der Waals surface area (Å²) in [4.78, 5) is 3.93. The summed E-state index contributed by atoms with van der Waals surface area (Å²) in [5.41, 5.74) is 1.69. The topological polar surface area (TPSA) is 12.9 Å². The van der Waals surface area contributed by atoms with Crippen molar-refractivity contribution < 1.29 is 4.39 Å². The van der Waals surface area contributed by atoms with E-state index in [0.717, 1.165) is 5.56 Å². The maximum atomic E-state index is 13.3. The molecule has 1 aromatic carbocycles. The third-order valence-corrected chi connectivity index (χ3v) is 2.09. The highest BCUT2D eigenvalue weighted by Gasteiger charge is 2.05. The fourth-order valence-corrected chi connectivity index (χ4v) is 1.36. The number of rotatable bonds is 0. The molecule has 3 heteroatoms. The molecule has 1 heterocycles. The molecule has 0 N–H and O–H groups in total. The Hall–Kier alpha value is -1.38. The molecule has 0 atom stereocenters. The summed E-state index contributed by atoms with van der Waals surface area (Å²) in [6, 6.07) is 4.93. The molecular formula is C10H7BFN. The van der Waals surface area contributed by atoms with Crippen LogP contribution in [0.4, 0.5) is 4.39 Å². The van der Waals surface area contributed by atoms with Crippen molar-refractivity contribution in [1.29, 1.82) is 0 Å². The van der Waals surface area contributed by atoms with Crippen LogP contribution in [0.15, 0.2) is 24.4 Å². The van der Waals surface area contributed by atoms with Crippen molar-refractivity contribution in [2.75, 3.05) is 0 Å². The van der Waals surface area contributed by atoms with Crippen LogP contribution in [0.5, 0.6) is 0 Å². The molecule has 2 radical (unpaired) electrons. The van der Waals surface area contributed by atoms with Gasteiger partial charge in [-0.25, -0.2) is 4.39 Å². The summed E-state index contributed by atoms with van der Waals surface area (Å²) < 4.78 is 13.3. The van der Waals surface area contributed by atoms with Gasteiger partial charge in [-0.15, -0.1) is 0 Å². The van der Waals surface area contributed by atoms with E-state index in [1.165, 1.54) is 6.07 Å². The number of hydrogen-bond acceptors (Lipinski definition) is 1. The minimum atomic E-state index is -0.317. The summed E-state index contributed by atoms with van der Waals surface area (Å²) in [5, 5.41) is 0.681. The predicted octanol–water partition coefficient (Wildman–Crippen LogP) is 1.48. The molecule has 0 amide bonds. The molecule has 1 nitrogen and oxygen atoms in total. The monoisotopic (exact) mass is 171 g/mol. The summed E-state index contributed by atoms with van der Waals surface area (Å²) in [6.07, 6.45) is 1.56. The molecule has 0 unspecified atom stereocenters. The van der Waals surface area contributed by atoms with Crippen molar-refractivity contribution in [3.05, 3.63) is 35.8 Å². The third-order valence-electron chi connectivity index (χ3n) is 2.09. The van der Waals surface area contributed by atoms with Crippen LogP contribution in [0.3, 0.4) is 0 Å². The van der Waals surface area contributed by atoms with Gasteiger partial charge < -0.3 is 0 Å². The van der Waals surface area contributed by atoms with Crippen molar-refractivity contribution in [3.63, 3.8) is 0 Å². The number of halogens is 1. The van der Waals surface area contributed by atoms with Gasteiger partial charge in [-0.3, -0.25) is 4.98 Å². The van der Waals surface area contributed by atoms with Gasteiger partial charge in [0.05, 0.1) is 0 Å². The zero-order valence-corrected chi connectivity index (χ0v) is 7.21. The minimum absolute atomic E-state index is 0.317. The molecule has 0 saturated carbocycles. The van der Waals surface area contributed by atoms with Crippen molar-refractivity contribution in [2.24, 2.45) is 0 Å². The first-order valence-electron chi connectivity index (χ1n) is 3.99. The Balaban J connectivity index is 2.97. The second-order valence-corrected chi connectivity index (χ2v) is 2.99. The van der Waals surface area contributed by atoms with Gasteiger partial charge >= 0.3 is 0 Å². The maximum Gasteiger partial charge on any atom is 0.149 e. The zero-order valence-electron chi connectivity index (χ0n) is 7.21. The fraction of sp³-hybridized carbons (Fsp3) is 0.100. The Labute approximate surface area is 77.0 Å². The van der Waals surface area contributed by atoms with Crippen LogP contribution < -0.4 is 5.46 Å². The molecule has 0 aliphatic rings. The van der Waals surface area contributed by atoms with E-state index in [1.54, 1.807) is 25.3 Å². The van der Waals surface area contributed by atoms with Crippen LogP contribution in [0, 0.1) is 12.7 Å². The molecule has 0 aliphatic carbocycles. The lowest BCUT2D eigenvalue weighted by atomic mass is 9.87. The molecule has 13 heavy (non-hydrogen) atoms. The molecule has 62 valence electrons. The predicted molar refractivity (Wildman–Crippen MR) is 51.8 cm³/mol. The van der Waals surface area contributed by atoms with E-state index in [2.05, 4.69) is 4.98 Å². The standard InChI is InChI=1S/C10H7BFN/c1-6-5-8(12)10-7(9(6)11)3-2-4-13-10/h2-5H,1H3. The van der Waals surface area contributed by atoms with Crippen molar-refractivity contribution in [2.45, 2.75) is 6.92 Å². The quantitative estimate of drug-likeness (QED) is 0.547. The lowest BCUT2D eigenvalue weighted by Crippen LogP contribution is -2.10. The normalized spacial score (nSPS) is 10.6. The molecule has 0 fully saturated rings. The number of benzene rings is 1. The Morgan fingerprint density at radius 1 is 1.46 bits per heavy atom. The van der Waals surface area contributed by atoms with Crippen molar-refractivity contribution in [1.82, 2.24) is 4.98 Å². The number of nitrogens with zero attached hydrogens (tertiary/aromatic N) is 1. The number of hydrogen-bond donors (Lipinski definition) is 0. The van der Waals surface area contributed by atoms with Crippen molar-refractivity contribution in [3.8, 4) is 0 Å². The zero-order chi connectivity index (χ0) is 9.42. The van der Waals surface area contributed by atoms with Crippen LogP contribution in [0.1, 0.15) is 5.56 Å². The number of pyridine rings is 1. The number of fused-ring (bicyclic) bond motifs is 1. The average molecular weight is 171 g/mol. The van der Waals surface area contributed by atoms with E-state index in [0.29, 0.717) is 16.4 Å². The molecule has 0 bridgehead atoms. The second kappa shape index (κ2) is 2.84. The SMILES string of the molecule is [B]c1c(C)cc(F)c2ncccc12. The first kappa shape index (κ1) is 8.23. The second-order valence-electron chi connectivity index (χ2n) is 2.99. The van der Waals surface area contributed by atoms with E-state index < -0.39 is 0 Å². The highest BCUT2D eigenvalue weighted by Crippen LogP contribution is 2.14. The molecular weight excluding hydrogens is 164 g/mol. The molecule has 0 saturated heterocycles. The van der Waals surface area contributed by atoms with Gasteiger partial charge in [-0.05, 0) is 24.4 Å². The summed E-state index contributed by atoms with van der Waals surface area (Å²) >= 11 is 0. The smallest absolute Gasteiger partial charge is 0.149 e. The van der Waals surface area contributed by atoms with Gasteiger partial charge in [0.25, 0.3) is 0 Å². The highest BCUT2D eigenvalue weighted by atomic mass is 19.1. The number of aromatic nitrogens is 1. The van der Waals surface area contributed by atoms with E-state index in [-0.39, 0.29) is 5.82 Å². The van der Waals surface area contributed by atoms with E-state index in [4.69, 9.17) is 7.85 Å². The lowest BCUT2D eigenvalue weighted by Gasteiger charge is -2.05. The Morgan fingerprint density at radius 3 is 3.00 bits per heavy atom. The van der Waals surface area contributed by atoms with Gasteiger partial charge in [0.2, 0.25) is 0 Å².